The highest BCUT2D eigenvalue weighted by Gasteiger charge is 2.08. The van der Waals surface area contributed by atoms with Crippen LogP contribution in [0.5, 0.6) is 11.5 Å². The topological polar surface area (TPSA) is 84.0 Å². The number of hydrogen-bond donors (Lipinski definition) is 3. The van der Waals surface area contributed by atoms with Crippen LogP contribution in [0.4, 0.5) is 0 Å². The lowest BCUT2D eigenvalue weighted by Crippen LogP contribution is -2.36. The highest BCUT2D eigenvalue weighted by Crippen LogP contribution is 2.24. The van der Waals surface area contributed by atoms with E-state index in [4.69, 9.17) is 9.47 Å². The van der Waals surface area contributed by atoms with Gasteiger partial charge in [0.25, 0.3) is 5.91 Å². The van der Waals surface area contributed by atoms with Crippen LogP contribution in [0, 0.1) is 0 Å². The van der Waals surface area contributed by atoms with Crippen molar-refractivity contribution >= 4 is 35.8 Å². The molecule has 0 fully saturated rings. The van der Waals surface area contributed by atoms with Crippen molar-refractivity contribution in [2.45, 2.75) is 20.0 Å². The fourth-order valence-electron chi connectivity index (χ4n) is 2.67. The van der Waals surface area contributed by atoms with Crippen LogP contribution >= 0.6 is 24.0 Å². The van der Waals surface area contributed by atoms with Gasteiger partial charge in [0.05, 0.1) is 14.2 Å². The number of benzene rings is 2. The Hall–Kier alpha value is -2.49. The maximum absolute atomic E-state index is 12.0. The van der Waals surface area contributed by atoms with Crippen LogP contribution in [0.15, 0.2) is 47.5 Å². The van der Waals surface area contributed by atoms with Gasteiger partial charge in [-0.2, -0.15) is 0 Å². The third-order valence-electron chi connectivity index (χ3n) is 4.15. The molecule has 158 valence electrons. The summed E-state index contributed by atoms with van der Waals surface area (Å²) in [6, 6.07) is 13.2. The maximum atomic E-state index is 12.0. The number of carbonyl (C=O) groups is 1. The monoisotopic (exact) mass is 512 g/mol. The van der Waals surface area contributed by atoms with Crippen molar-refractivity contribution in [3.63, 3.8) is 0 Å². The van der Waals surface area contributed by atoms with E-state index in [1.54, 1.807) is 27.3 Å². The number of carbonyl (C=O) groups excluding carboxylic acids is 1. The normalized spacial score (nSPS) is 10.6. The summed E-state index contributed by atoms with van der Waals surface area (Å²) in [5.41, 5.74) is 2.63. The van der Waals surface area contributed by atoms with Gasteiger partial charge >= 0.3 is 0 Å². The van der Waals surface area contributed by atoms with E-state index in [0.717, 1.165) is 22.6 Å². The number of nitrogens with one attached hydrogen (secondary N) is 3. The molecular formula is C21H29IN4O3. The van der Waals surface area contributed by atoms with Crippen LogP contribution in [0.2, 0.25) is 0 Å². The van der Waals surface area contributed by atoms with Gasteiger partial charge in [-0.25, -0.2) is 0 Å². The van der Waals surface area contributed by atoms with Gasteiger partial charge in [0, 0.05) is 43.9 Å². The SMILES string of the molecule is CCNC(=O)c1cccc(CNC(=NC)NCc2ccc(OC)cc2OC)c1.I. The van der Waals surface area contributed by atoms with E-state index < -0.39 is 0 Å². The molecule has 0 unspecified atom stereocenters. The Kier molecular flexibility index (Phi) is 10.9. The summed E-state index contributed by atoms with van der Waals surface area (Å²) < 4.78 is 10.6. The van der Waals surface area contributed by atoms with Crippen LogP contribution in [0.3, 0.4) is 0 Å². The predicted molar refractivity (Wildman–Crippen MR) is 126 cm³/mol. The first-order chi connectivity index (χ1) is 13.6. The summed E-state index contributed by atoms with van der Waals surface area (Å²) in [6.45, 7) is 3.60. The van der Waals surface area contributed by atoms with Crippen LogP contribution in [-0.2, 0) is 13.1 Å². The van der Waals surface area contributed by atoms with Crippen molar-refractivity contribution < 1.29 is 14.3 Å². The number of ether oxygens (including phenoxy) is 2. The molecule has 1 amide bonds. The molecule has 2 aromatic rings. The Morgan fingerprint density at radius 3 is 2.41 bits per heavy atom. The second-order valence-electron chi connectivity index (χ2n) is 6.02. The largest absolute Gasteiger partial charge is 0.497 e. The molecule has 0 aromatic heterocycles. The van der Waals surface area contributed by atoms with Crippen molar-refractivity contribution in [3.8, 4) is 11.5 Å². The third kappa shape index (κ3) is 7.45. The van der Waals surface area contributed by atoms with E-state index in [-0.39, 0.29) is 29.9 Å². The highest BCUT2D eigenvalue weighted by atomic mass is 127. The third-order valence-corrected chi connectivity index (χ3v) is 4.15. The van der Waals surface area contributed by atoms with E-state index in [1.807, 2.05) is 43.3 Å². The number of rotatable bonds is 8. The van der Waals surface area contributed by atoms with Crippen LogP contribution in [0.25, 0.3) is 0 Å². The number of hydrogen-bond acceptors (Lipinski definition) is 4. The zero-order chi connectivity index (χ0) is 20.4. The Balaban J connectivity index is 0.00000420. The van der Waals surface area contributed by atoms with Gasteiger partial charge in [0.1, 0.15) is 11.5 Å². The van der Waals surface area contributed by atoms with E-state index in [2.05, 4.69) is 20.9 Å². The molecular weight excluding hydrogens is 483 g/mol. The summed E-state index contributed by atoms with van der Waals surface area (Å²) in [5, 5.41) is 9.33. The maximum Gasteiger partial charge on any atom is 0.251 e. The number of methoxy groups -OCH3 is 2. The lowest BCUT2D eigenvalue weighted by atomic mass is 10.1. The number of aliphatic imine (C=N–C) groups is 1. The average molecular weight is 512 g/mol. The molecule has 8 heteroatoms. The molecule has 0 spiro atoms. The summed E-state index contributed by atoms with van der Waals surface area (Å²) in [4.78, 5) is 16.2. The average Bonchev–Trinajstić information content (AvgIpc) is 2.74. The quantitative estimate of drug-likeness (QED) is 0.288. The fourth-order valence-corrected chi connectivity index (χ4v) is 2.67. The summed E-state index contributed by atoms with van der Waals surface area (Å²) >= 11 is 0. The van der Waals surface area contributed by atoms with Gasteiger partial charge < -0.3 is 25.4 Å². The molecule has 0 radical (unpaired) electrons. The number of nitrogens with zero attached hydrogens (tertiary/aromatic N) is 1. The molecule has 2 aromatic carbocycles. The second kappa shape index (κ2) is 12.9. The standard InChI is InChI=1S/C21H28N4O3.HI/c1-5-23-20(26)16-8-6-7-15(11-16)13-24-21(22-2)25-14-17-9-10-18(27-3)12-19(17)28-4;/h6-12H,5,13-14H2,1-4H3,(H,23,26)(H2,22,24,25);1H. The zero-order valence-electron chi connectivity index (χ0n) is 17.2. The van der Waals surface area contributed by atoms with Gasteiger partial charge in [-0.3, -0.25) is 9.79 Å². The van der Waals surface area contributed by atoms with E-state index >= 15 is 0 Å². The molecule has 29 heavy (non-hydrogen) atoms. The first kappa shape index (κ1) is 24.5. The molecule has 0 aliphatic carbocycles. The van der Waals surface area contributed by atoms with E-state index in [1.165, 1.54) is 0 Å². The minimum Gasteiger partial charge on any atom is -0.497 e. The fraction of sp³-hybridized carbons (Fsp3) is 0.333. The summed E-state index contributed by atoms with van der Waals surface area (Å²) in [5.74, 6) is 2.08. The lowest BCUT2D eigenvalue weighted by Gasteiger charge is -2.15. The molecule has 0 heterocycles. The molecule has 0 aliphatic rings. The van der Waals surface area contributed by atoms with Gasteiger partial charge in [0.2, 0.25) is 0 Å². The zero-order valence-corrected chi connectivity index (χ0v) is 19.6. The smallest absolute Gasteiger partial charge is 0.251 e. The van der Waals surface area contributed by atoms with Crippen molar-refractivity contribution in [1.29, 1.82) is 0 Å². The van der Waals surface area contributed by atoms with Gasteiger partial charge in [-0.15, -0.1) is 24.0 Å². The van der Waals surface area contributed by atoms with E-state index in [9.17, 15) is 4.79 Å². The van der Waals surface area contributed by atoms with Crippen molar-refractivity contribution in [1.82, 2.24) is 16.0 Å². The van der Waals surface area contributed by atoms with Crippen LogP contribution in [-0.4, -0.2) is 39.7 Å². The van der Waals surface area contributed by atoms with Crippen molar-refractivity contribution in [3.05, 3.63) is 59.2 Å². The van der Waals surface area contributed by atoms with Crippen molar-refractivity contribution in [2.75, 3.05) is 27.8 Å². The summed E-state index contributed by atoms with van der Waals surface area (Å²) in [7, 11) is 4.97. The van der Waals surface area contributed by atoms with Gasteiger partial charge in [-0.05, 0) is 36.8 Å². The Labute approximate surface area is 189 Å². The molecule has 7 nitrogen and oxygen atoms in total. The van der Waals surface area contributed by atoms with Crippen molar-refractivity contribution in [2.24, 2.45) is 4.99 Å². The Morgan fingerprint density at radius 1 is 1.00 bits per heavy atom. The predicted octanol–water partition coefficient (Wildman–Crippen LogP) is 2.94. The molecule has 2 rings (SSSR count). The number of halogens is 1. The molecule has 0 saturated carbocycles. The molecule has 0 atom stereocenters. The summed E-state index contributed by atoms with van der Waals surface area (Å²) in [6.07, 6.45) is 0. The van der Waals surface area contributed by atoms with E-state index in [0.29, 0.717) is 31.2 Å². The minimum atomic E-state index is -0.0709. The van der Waals surface area contributed by atoms with Gasteiger partial charge in [0.15, 0.2) is 5.96 Å². The number of amides is 1. The number of guanidine groups is 1. The minimum absolute atomic E-state index is 0. The Bertz CT molecular complexity index is 827. The first-order valence-electron chi connectivity index (χ1n) is 9.13. The van der Waals surface area contributed by atoms with Crippen LogP contribution < -0.4 is 25.4 Å². The second-order valence-corrected chi connectivity index (χ2v) is 6.02. The lowest BCUT2D eigenvalue weighted by molar-refractivity contribution is 0.0955. The molecule has 0 bridgehead atoms. The molecule has 3 N–H and O–H groups in total. The van der Waals surface area contributed by atoms with Crippen LogP contribution in [0.1, 0.15) is 28.4 Å². The Morgan fingerprint density at radius 2 is 1.76 bits per heavy atom. The molecule has 0 saturated heterocycles. The van der Waals surface area contributed by atoms with Gasteiger partial charge in [-0.1, -0.05) is 12.1 Å². The first-order valence-corrected chi connectivity index (χ1v) is 9.13. The molecule has 0 aliphatic heterocycles. The highest BCUT2D eigenvalue weighted by molar-refractivity contribution is 14.0.